The lowest BCUT2D eigenvalue weighted by molar-refractivity contribution is -0.139. The fourth-order valence-electron chi connectivity index (χ4n) is 5.06. The van der Waals surface area contributed by atoms with E-state index >= 15 is 0 Å². The van der Waals surface area contributed by atoms with Gasteiger partial charge in [0.2, 0.25) is 0 Å². The Kier molecular flexibility index (Phi) is 8.42. The number of benzene rings is 3. The predicted octanol–water partition coefficient (Wildman–Crippen LogP) is 3.46. The molecule has 2 atom stereocenters. The molecule has 10 heteroatoms. The largest absolute Gasteiger partial charge is 0.480 e. The smallest absolute Gasteiger partial charge is 0.326 e. The van der Waals surface area contributed by atoms with E-state index in [-0.39, 0.29) is 6.04 Å². The minimum Gasteiger partial charge on any atom is -0.480 e. The second kappa shape index (κ2) is 12.3. The maximum Gasteiger partial charge on any atom is 0.326 e. The van der Waals surface area contributed by atoms with Crippen molar-refractivity contribution in [2.75, 3.05) is 6.54 Å². The second-order valence-electron chi connectivity index (χ2n) is 10.3. The number of carboxylic acid groups (broad SMARTS) is 1. The van der Waals surface area contributed by atoms with Gasteiger partial charge in [0.05, 0.1) is 28.6 Å². The molecule has 0 aliphatic rings. The van der Waals surface area contributed by atoms with E-state index in [1.807, 2.05) is 83.9 Å². The van der Waals surface area contributed by atoms with Crippen LogP contribution < -0.4 is 16.4 Å². The summed E-state index contributed by atoms with van der Waals surface area (Å²) >= 11 is 0. The Morgan fingerprint density at radius 1 is 0.878 bits per heavy atom. The van der Waals surface area contributed by atoms with Crippen LogP contribution in [0.2, 0.25) is 0 Å². The molecule has 5 rings (SSSR count). The normalized spacial score (nSPS) is 13.0. The predicted molar refractivity (Wildman–Crippen MR) is 158 cm³/mol. The maximum absolute atomic E-state index is 12.8. The number of carbonyl (C=O) groups excluding carboxylic acids is 1. The van der Waals surface area contributed by atoms with Crippen LogP contribution in [0, 0.1) is 0 Å². The molecule has 41 heavy (non-hydrogen) atoms. The first-order valence-corrected chi connectivity index (χ1v) is 13.7. The zero-order chi connectivity index (χ0) is 28.9. The van der Waals surface area contributed by atoms with Crippen molar-refractivity contribution >= 4 is 33.9 Å². The first kappa shape index (κ1) is 28.0. The molecule has 0 saturated carbocycles. The number of carbonyl (C=O) groups is 2. The standard InChI is InChI=1S/C31H35N7O3/c1-37-26-11-5-3-8-23(26)34-28(37)18-22(32)20-13-15-21(16-14-20)30(39)36-25(31(40)41)10-7-17-33-19-29-35-24-9-4-6-12-27(24)38(29)2/h3-6,8-9,11-16,22,25,33H,7,10,17-19,32H2,1-2H3,(H,36,39)(H,40,41). The highest BCUT2D eigenvalue weighted by Gasteiger charge is 2.21. The zero-order valence-corrected chi connectivity index (χ0v) is 23.2. The highest BCUT2D eigenvalue weighted by Crippen LogP contribution is 2.20. The van der Waals surface area contributed by atoms with Crippen molar-refractivity contribution < 1.29 is 14.7 Å². The van der Waals surface area contributed by atoms with Crippen molar-refractivity contribution in [2.24, 2.45) is 19.8 Å². The maximum atomic E-state index is 12.8. The number of nitrogens with one attached hydrogen (secondary N) is 2. The molecule has 0 bridgehead atoms. The Labute approximate surface area is 238 Å². The molecule has 0 saturated heterocycles. The van der Waals surface area contributed by atoms with E-state index in [0.29, 0.717) is 37.9 Å². The monoisotopic (exact) mass is 553 g/mol. The first-order chi connectivity index (χ1) is 19.8. The van der Waals surface area contributed by atoms with Crippen molar-refractivity contribution in [1.29, 1.82) is 0 Å². The number of fused-ring (bicyclic) bond motifs is 2. The van der Waals surface area contributed by atoms with Gasteiger partial charge in [-0.05, 0) is 61.3 Å². The summed E-state index contributed by atoms with van der Waals surface area (Å²) in [6.07, 6.45) is 1.43. The van der Waals surface area contributed by atoms with Gasteiger partial charge in [-0.15, -0.1) is 0 Å². The van der Waals surface area contributed by atoms with Crippen LogP contribution in [-0.2, 0) is 31.9 Å². The van der Waals surface area contributed by atoms with Gasteiger partial charge in [-0.2, -0.15) is 0 Å². The van der Waals surface area contributed by atoms with Crippen LogP contribution in [0.15, 0.2) is 72.8 Å². The third-order valence-electron chi connectivity index (χ3n) is 7.50. The van der Waals surface area contributed by atoms with Crippen LogP contribution in [0.3, 0.4) is 0 Å². The van der Waals surface area contributed by atoms with E-state index in [4.69, 9.17) is 10.7 Å². The molecule has 0 radical (unpaired) electrons. The molecule has 212 valence electrons. The number of rotatable bonds is 12. The number of carboxylic acids is 1. The third kappa shape index (κ3) is 6.29. The molecule has 0 aliphatic carbocycles. The summed E-state index contributed by atoms with van der Waals surface area (Å²) in [5.74, 6) is 0.300. The quantitative estimate of drug-likeness (QED) is 0.174. The van der Waals surface area contributed by atoms with Gasteiger partial charge in [0, 0.05) is 32.1 Å². The molecule has 2 aromatic heterocycles. The fraction of sp³-hybridized carbons (Fsp3) is 0.290. The van der Waals surface area contributed by atoms with Gasteiger partial charge in [-0.25, -0.2) is 14.8 Å². The van der Waals surface area contributed by atoms with Gasteiger partial charge >= 0.3 is 5.97 Å². The number of nitrogens with zero attached hydrogens (tertiary/aromatic N) is 4. The summed E-state index contributed by atoms with van der Waals surface area (Å²) in [7, 11) is 3.95. The van der Waals surface area contributed by atoms with Gasteiger partial charge in [-0.1, -0.05) is 36.4 Å². The first-order valence-electron chi connectivity index (χ1n) is 13.7. The summed E-state index contributed by atoms with van der Waals surface area (Å²) in [5, 5.41) is 15.7. The molecular formula is C31H35N7O3. The van der Waals surface area contributed by atoms with E-state index < -0.39 is 17.9 Å². The second-order valence-corrected chi connectivity index (χ2v) is 10.3. The lowest BCUT2D eigenvalue weighted by Crippen LogP contribution is -2.41. The minimum atomic E-state index is -1.06. The Bertz CT molecular complexity index is 1670. The number of nitrogens with two attached hydrogens (primary N) is 1. The summed E-state index contributed by atoms with van der Waals surface area (Å²) in [4.78, 5) is 34.0. The number of aryl methyl sites for hydroxylation is 2. The number of hydrogen-bond donors (Lipinski definition) is 4. The van der Waals surface area contributed by atoms with Crippen molar-refractivity contribution in [1.82, 2.24) is 29.7 Å². The highest BCUT2D eigenvalue weighted by molar-refractivity contribution is 5.96. The number of amides is 1. The van der Waals surface area contributed by atoms with Gasteiger partial charge in [0.25, 0.3) is 5.91 Å². The Morgan fingerprint density at radius 3 is 2.07 bits per heavy atom. The molecule has 5 aromatic rings. The van der Waals surface area contributed by atoms with E-state index in [1.165, 1.54) is 0 Å². The third-order valence-corrected chi connectivity index (χ3v) is 7.50. The molecule has 5 N–H and O–H groups in total. The number of hydrogen-bond acceptors (Lipinski definition) is 6. The van der Waals surface area contributed by atoms with Crippen LogP contribution >= 0.6 is 0 Å². The van der Waals surface area contributed by atoms with E-state index in [0.717, 1.165) is 39.3 Å². The highest BCUT2D eigenvalue weighted by atomic mass is 16.4. The van der Waals surface area contributed by atoms with Crippen LogP contribution in [-0.4, -0.2) is 48.7 Å². The minimum absolute atomic E-state index is 0.300. The number of imidazole rings is 2. The van der Waals surface area contributed by atoms with Gasteiger partial charge in [0.1, 0.15) is 17.7 Å². The van der Waals surface area contributed by atoms with Crippen LogP contribution in [0.25, 0.3) is 22.1 Å². The summed E-state index contributed by atoms with van der Waals surface area (Å²) in [6, 6.07) is 21.6. The van der Waals surface area contributed by atoms with Gasteiger partial charge < -0.3 is 30.6 Å². The summed E-state index contributed by atoms with van der Waals surface area (Å²) in [5.41, 5.74) is 11.7. The molecule has 0 aliphatic heterocycles. The SMILES string of the molecule is Cn1c(CNCCCC(NC(=O)c2ccc(C(N)Cc3nc4ccccc4n3C)cc2)C(=O)O)nc2ccccc21. The topological polar surface area (TPSA) is 140 Å². The van der Waals surface area contributed by atoms with Gasteiger partial charge in [-0.3, -0.25) is 4.79 Å². The molecule has 2 heterocycles. The van der Waals surface area contributed by atoms with E-state index in [9.17, 15) is 14.7 Å². The molecule has 0 spiro atoms. The molecule has 3 aromatic carbocycles. The van der Waals surface area contributed by atoms with Crippen LogP contribution in [0.5, 0.6) is 0 Å². The lowest BCUT2D eigenvalue weighted by atomic mass is 10.0. The molecule has 10 nitrogen and oxygen atoms in total. The van der Waals surface area contributed by atoms with E-state index in [2.05, 4.69) is 15.6 Å². The Hall–Kier alpha value is -4.54. The van der Waals surface area contributed by atoms with Crippen molar-refractivity contribution in [3.8, 4) is 0 Å². The van der Waals surface area contributed by atoms with Crippen LogP contribution in [0.1, 0.15) is 46.5 Å². The lowest BCUT2D eigenvalue weighted by Gasteiger charge is -2.16. The van der Waals surface area contributed by atoms with Gasteiger partial charge in [0.15, 0.2) is 0 Å². The number of aliphatic carboxylic acids is 1. The average molecular weight is 554 g/mol. The average Bonchev–Trinajstić information content (AvgIpc) is 3.47. The Balaban J connectivity index is 1.11. The number of para-hydroxylation sites is 4. The van der Waals surface area contributed by atoms with E-state index in [1.54, 1.807) is 12.1 Å². The number of aromatic nitrogens is 4. The summed E-state index contributed by atoms with van der Waals surface area (Å²) in [6.45, 7) is 1.17. The van der Waals surface area contributed by atoms with Crippen molar-refractivity contribution in [2.45, 2.75) is 37.9 Å². The Morgan fingerprint density at radius 2 is 1.46 bits per heavy atom. The zero-order valence-electron chi connectivity index (χ0n) is 23.2. The summed E-state index contributed by atoms with van der Waals surface area (Å²) < 4.78 is 4.08. The molecular weight excluding hydrogens is 518 g/mol. The van der Waals surface area contributed by atoms with Crippen molar-refractivity contribution in [3.63, 3.8) is 0 Å². The molecule has 2 unspecified atom stereocenters. The fourth-order valence-corrected chi connectivity index (χ4v) is 5.06. The van der Waals surface area contributed by atoms with Crippen molar-refractivity contribution in [3.05, 3.63) is 95.6 Å². The molecule has 1 amide bonds. The van der Waals surface area contributed by atoms with Crippen LogP contribution in [0.4, 0.5) is 0 Å². The molecule has 0 fully saturated rings.